The average molecular weight is 544 g/mol. The number of piperazine rings is 1. The molecule has 1 aliphatic heterocycles. The van der Waals surface area contributed by atoms with Crippen LogP contribution in [0.15, 0.2) is 47.2 Å². The second-order valence-electron chi connectivity index (χ2n) is 9.26. The Morgan fingerprint density at radius 2 is 1.80 bits per heavy atom. The Balaban J connectivity index is 1.59. The van der Waals surface area contributed by atoms with Crippen molar-refractivity contribution in [1.29, 1.82) is 0 Å². The van der Waals surface area contributed by atoms with E-state index >= 15 is 0 Å². The Morgan fingerprint density at radius 1 is 1.11 bits per heavy atom. The van der Waals surface area contributed by atoms with Gasteiger partial charge in [-0.15, -0.1) is 0 Å². The van der Waals surface area contributed by atoms with Crippen molar-refractivity contribution < 1.29 is 18.7 Å². The standard InChI is InChI=1S/C25H27BrFN5O3/c1-25(2,3)35-24(34)32-13-11-31(12-14-32)21-19-18(5-4-10-28-19)22(26)30-20(21)23(33)29-15-16-6-8-17(27)9-7-16/h4-10H,11-15H2,1-3H3,(H,29,33). The lowest BCUT2D eigenvalue weighted by Crippen LogP contribution is -2.50. The number of carbonyl (C=O) groups excluding carboxylic acids is 2. The summed E-state index contributed by atoms with van der Waals surface area (Å²) in [5, 5.41) is 3.66. The molecule has 1 aromatic carbocycles. The molecule has 0 aliphatic carbocycles. The molecular formula is C25H27BrFN5O3. The zero-order valence-corrected chi connectivity index (χ0v) is 21.4. The monoisotopic (exact) mass is 543 g/mol. The van der Waals surface area contributed by atoms with Crippen LogP contribution in [0.5, 0.6) is 0 Å². The summed E-state index contributed by atoms with van der Waals surface area (Å²) in [5.74, 6) is -0.703. The van der Waals surface area contributed by atoms with Crippen molar-refractivity contribution in [3.8, 4) is 0 Å². The molecule has 0 unspecified atom stereocenters. The molecule has 0 atom stereocenters. The van der Waals surface area contributed by atoms with Crippen molar-refractivity contribution in [2.45, 2.75) is 32.9 Å². The number of carbonyl (C=O) groups is 2. The van der Waals surface area contributed by atoms with Crippen LogP contribution in [0.2, 0.25) is 0 Å². The summed E-state index contributed by atoms with van der Waals surface area (Å²) in [4.78, 5) is 38.6. The fourth-order valence-electron chi connectivity index (χ4n) is 3.85. The third-order valence-electron chi connectivity index (χ3n) is 5.52. The van der Waals surface area contributed by atoms with Gasteiger partial charge in [-0.05, 0) is 66.5 Å². The summed E-state index contributed by atoms with van der Waals surface area (Å²) in [6.07, 6.45) is 1.32. The molecule has 3 aromatic rings. The number of halogens is 2. The number of nitrogens with one attached hydrogen (secondary N) is 1. The molecule has 1 saturated heterocycles. The predicted octanol–water partition coefficient (Wildman–Crippen LogP) is 4.52. The average Bonchev–Trinajstić information content (AvgIpc) is 2.82. The van der Waals surface area contributed by atoms with Gasteiger partial charge in [0, 0.05) is 44.3 Å². The Bertz CT molecular complexity index is 1240. The molecule has 2 amide bonds. The molecule has 35 heavy (non-hydrogen) atoms. The summed E-state index contributed by atoms with van der Waals surface area (Å²) in [6.45, 7) is 7.60. The molecule has 3 heterocycles. The van der Waals surface area contributed by atoms with E-state index in [9.17, 15) is 14.0 Å². The Kier molecular flexibility index (Phi) is 7.20. The predicted molar refractivity (Wildman–Crippen MR) is 135 cm³/mol. The van der Waals surface area contributed by atoms with E-state index in [1.165, 1.54) is 12.1 Å². The number of benzene rings is 1. The minimum atomic E-state index is -0.570. The molecule has 10 heteroatoms. The molecular weight excluding hydrogens is 517 g/mol. The molecule has 0 bridgehead atoms. The largest absolute Gasteiger partial charge is 0.444 e. The van der Waals surface area contributed by atoms with Gasteiger partial charge in [0.15, 0.2) is 5.69 Å². The van der Waals surface area contributed by atoms with Gasteiger partial charge in [0.1, 0.15) is 16.0 Å². The number of ether oxygens (including phenoxy) is 1. The van der Waals surface area contributed by atoms with Crippen LogP contribution < -0.4 is 10.2 Å². The number of hydrogen-bond donors (Lipinski definition) is 1. The van der Waals surface area contributed by atoms with Crippen molar-refractivity contribution >= 4 is 44.5 Å². The minimum absolute atomic E-state index is 0.227. The highest BCUT2D eigenvalue weighted by Crippen LogP contribution is 2.33. The molecule has 2 aromatic heterocycles. The molecule has 1 aliphatic rings. The fourth-order valence-corrected chi connectivity index (χ4v) is 4.35. The van der Waals surface area contributed by atoms with E-state index in [1.54, 1.807) is 23.2 Å². The van der Waals surface area contributed by atoms with Gasteiger partial charge in [0.05, 0.1) is 11.2 Å². The first-order valence-electron chi connectivity index (χ1n) is 11.3. The summed E-state index contributed by atoms with van der Waals surface area (Å²) in [7, 11) is 0. The van der Waals surface area contributed by atoms with Crippen LogP contribution in [0.4, 0.5) is 14.9 Å². The zero-order chi connectivity index (χ0) is 25.2. The van der Waals surface area contributed by atoms with Gasteiger partial charge in [-0.3, -0.25) is 9.78 Å². The number of rotatable bonds is 4. The first-order valence-corrected chi connectivity index (χ1v) is 12.1. The van der Waals surface area contributed by atoms with Crippen LogP contribution in [-0.4, -0.2) is 58.6 Å². The second kappa shape index (κ2) is 10.2. The van der Waals surface area contributed by atoms with E-state index in [1.807, 2.05) is 37.8 Å². The van der Waals surface area contributed by atoms with E-state index < -0.39 is 5.60 Å². The number of amides is 2. The molecule has 1 fully saturated rings. The first-order chi connectivity index (χ1) is 16.6. The molecule has 4 rings (SSSR count). The lowest BCUT2D eigenvalue weighted by molar-refractivity contribution is 0.0240. The Hall–Kier alpha value is -3.27. The van der Waals surface area contributed by atoms with E-state index in [4.69, 9.17) is 4.74 Å². The SMILES string of the molecule is CC(C)(C)OC(=O)N1CCN(c2c(C(=O)NCc3ccc(F)cc3)nc(Br)c3cccnc23)CC1. The zero-order valence-electron chi connectivity index (χ0n) is 19.8. The number of nitrogens with zero attached hydrogens (tertiary/aromatic N) is 4. The number of aromatic nitrogens is 2. The van der Waals surface area contributed by atoms with Gasteiger partial charge in [0.25, 0.3) is 5.91 Å². The van der Waals surface area contributed by atoms with E-state index in [2.05, 4.69) is 31.2 Å². The Labute approximate surface area is 211 Å². The van der Waals surface area contributed by atoms with Crippen molar-refractivity contribution in [1.82, 2.24) is 20.2 Å². The number of pyridine rings is 2. The highest BCUT2D eigenvalue weighted by atomic mass is 79.9. The smallest absolute Gasteiger partial charge is 0.410 e. The van der Waals surface area contributed by atoms with Crippen LogP contribution in [0, 0.1) is 5.82 Å². The summed E-state index contributed by atoms with van der Waals surface area (Å²) in [6, 6.07) is 9.65. The molecule has 8 nitrogen and oxygen atoms in total. The second-order valence-corrected chi connectivity index (χ2v) is 10.0. The van der Waals surface area contributed by atoms with E-state index in [0.29, 0.717) is 42.0 Å². The molecule has 0 spiro atoms. The lowest BCUT2D eigenvalue weighted by Gasteiger charge is -2.37. The molecule has 0 radical (unpaired) electrons. The quantitative estimate of drug-likeness (QED) is 0.487. The topological polar surface area (TPSA) is 87.7 Å². The molecule has 1 N–H and O–H groups in total. The molecule has 184 valence electrons. The van der Waals surface area contributed by atoms with Crippen molar-refractivity contribution in [3.05, 3.63) is 64.3 Å². The van der Waals surface area contributed by atoms with Crippen LogP contribution in [0.25, 0.3) is 10.9 Å². The maximum atomic E-state index is 13.3. The third-order valence-corrected chi connectivity index (χ3v) is 6.12. The van der Waals surface area contributed by atoms with Crippen molar-refractivity contribution in [2.24, 2.45) is 0 Å². The van der Waals surface area contributed by atoms with E-state index in [-0.39, 0.29) is 30.1 Å². The van der Waals surface area contributed by atoms with Crippen molar-refractivity contribution in [3.63, 3.8) is 0 Å². The summed E-state index contributed by atoms with van der Waals surface area (Å²) >= 11 is 3.47. The van der Waals surface area contributed by atoms with Gasteiger partial charge >= 0.3 is 6.09 Å². The van der Waals surface area contributed by atoms with Crippen LogP contribution in [-0.2, 0) is 11.3 Å². The molecule has 0 saturated carbocycles. The van der Waals surface area contributed by atoms with Crippen LogP contribution >= 0.6 is 15.9 Å². The maximum absolute atomic E-state index is 13.3. The highest BCUT2D eigenvalue weighted by Gasteiger charge is 2.30. The number of fused-ring (bicyclic) bond motifs is 1. The summed E-state index contributed by atoms with van der Waals surface area (Å²) < 4.78 is 19.2. The lowest BCUT2D eigenvalue weighted by atomic mass is 10.1. The van der Waals surface area contributed by atoms with E-state index in [0.717, 1.165) is 10.9 Å². The Morgan fingerprint density at radius 3 is 2.46 bits per heavy atom. The summed E-state index contributed by atoms with van der Waals surface area (Å²) in [5.41, 5.74) is 1.69. The van der Waals surface area contributed by atoms with Gasteiger partial charge in [0.2, 0.25) is 0 Å². The van der Waals surface area contributed by atoms with Gasteiger partial charge in [-0.25, -0.2) is 14.2 Å². The van der Waals surface area contributed by atoms with Gasteiger partial charge < -0.3 is 19.9 Å². The van der Waals surface area contributed by atoms with Gasteiger partial charge in [-0.1, -0.05) is 12.1 Å². The highest BCUT2D eigenvalue weighted by molar-refractivity contribution is 9.10. The van der Waals surface area contributed by atoms with Crippen LogP contribution in [0.1, 0.15) is 36.8 Å². The minimum Gasteiger partial charge on any atom is -0.444 e. The number of anilines is 1. The fraction of sp³-hybridized carbons (Fsp3) is 0.360. The third kappa shape index (κ3) is 5.87. The van der Waals surface area contributed by atoms with Crippen molar-refractivity contribution in [2.75, 3.05) is 31.1 Å². The maximum Gasteiger partial charge on any atom is 0.410 e. The van der Waals surface area contributed by atoms with Crippen LogP contribution in [0.3, 0.4) is 0 Å². The number of hydrogen-bond acceptors (Lipinski definition) is 6. The normalized spacial score (nSPS) is 14.2. The van der Waals surface area contributed by atoms with Gasteiger partial charge in [-0.2, -0.15) is 0 Å². The first kappa shape index (κ1) is 24.8.